The van der Waals surface area contributed by atoms with Crippen LogP contribution in [0.2, 0.25) is 5.02 Å². The van der Waals surface area contributed by atoms with E-state index >= 15 is 0 Å². The minimum absolute atomic E-state index is 0.0389. The molecule has 0 aliphatic heterocycles. The molecular formula is C14H15ClF3NO. The molecule has 0 unspecified atom stereocenters. The lowest BCUT2D eigenvalue weighted by molar-refractivity contribution is -0.183. The van der Waals surface area contributed by atoms with Gasteiger partial charge in [0, 0.05) is 16.6 Å². The molecule has 0 aromatic heterocycles. The van der Waals surface area contributed by atoms with Crippen LogP contribution in [-0.4, -0.2) is 18.1 Å². The molecule has 1 aliphatic carbocycles. The normalized spacial score (nSPS) is 23.4. The standard InChI is InChI=1S/C14H15ClF3NO/c15-11-6-4-9(5-7-11)13(20)19-12-3-1-2-10(8-12)14(16,17)18/h4-7,10,12H,1-3,8H2,(H,19,20)/t10-,12-/m0/s1. The summed E-state index contributed by atoms with van der Waals surface area (Å²) in [6.07, 6.45) is -3.00. The lowest BCUT2D eigenvalue weighted by atomic mass is 9.85. The molecule has 6 heteroatoms. The molecule has 0 saturated heterocycles. The van der Waals surface area contributed by atoms with Gasteiger partial charge in [-0.05, 0) is 43.5 Å². The fourth-order valence-corrected chi connectivity index (χ4v) is 2.61. The van der Waals surface area contributed by atoms with Gasteiger partial charge in [0.2, 0.25) is 0 Å². The Morgan fingerprint density at radius 2 is 1.85 bits per heavy atom. The van der Waals surface area contributed by atoms with Gasteiger partial charge in [-0.2, -0.15) is 13.2 Å². The van der Waals surface area contributed by atoms with Gasteiger partial charge >= 0.3 is 6.18 Å². The SMILES string of the molecule is O=C(N[C@H]1CCC[C@H](C(F)(F)F)C1)c1ccc(Cl)cc1. The second kappa shape index (κ2) is 6.04. The Hall–Kier alpha value is -1.23. The van der Waals surface area contributed by atoms with E-state index in [0.29, 0.717) is 23.4 Å². The van der Waals surface area contributed by atoms with E-state index < -0.39 is 18.1 Å². The summed E-state index contributed by atoms with van der Waals surface area (Å²) < 4.78 is 38.1. The van der Waals surface area contributed by atoms with Crippen LogP contribution >= 0.6 is 11.6 Å². The number of halogens is 4. The van der Waals surface area contributed by atoms with E-state index in [-0.39, 0.29) is 18.7 Å². The highest BCUT2D eigenvalue weighted by Crippen LogP contribution is 2.37. The molecule has 1 N–H and O–H groups in total. The number of hydrogen-bond donors (Lipinski definition) is 1. The zero-order chi connectivity index (χ0) is 14.8. The second-order valence-electron chi connectivity index (χ2n) is 5.08. The molecule has 1 aromatic carbocycles. The third-order valence-corrected chi connectivity index (χ3v) is 3.83. The third-order valence-electron chi connectivity index (χ3n) is 3.58. The number of carbonyl (C=O) groups excluding carboxylic acids is 1. The predicted octanol–water partition coefficient (Wildman–Crippen LogP) is 4.19. The van der Waals surface area contributed by atoms with Gasteiger partial charge in [0.25, 0.3) is 5.91 Å². The summed E-state index contributed by atoms with van der Waals surface area (Å²) in [5, 5.41) is 3.19. The molecule has 2 nitrogen and oxygen atoms in total. The smallest absolute Gasteiger partial charge is 0.349 e. The van der Waals surface area contributed by atoms with Gasteiger partial charge < -0.3 is 5.32 Å². The van der Waals surface area contributed by atoms with Crippen LogP contribution in [0.5, 0.6) is 0 Å². The number of hydrogen-bond acceptors (Lipinski definition) is 1. The largest absolute Gasteiger partial charge is 0.391 e. The van der Waals surface area contributed by atoms with Gasteiger partial charge in [-0.1, -0.05) is 18.0 Å². The quantitative estimate of drug-likeness (QED) is 0.872. The van der Waals surface area contributed by atoms with Crippen LogP contribution in [0.25, 0.3) is 0 Å². The van der Waals surface area contributed by atoms with Gasteiger partial charge in [-0.3, -0.25) is 4.79 Å². The molecule has 2 atom stereocenters. The third kappa shape index (κ3) is 3.88. The first-order chi connectivity index (χ1) is 9.36. The Morgan fingerprint density at radius 3 is 2.45 bits per heavy atom. The number of rotatable bonds is 2. The summed E-state index contributed by atoms with van der Waals surface area (Å²) in [4.78, 5) is 11.9. The lowest BCUT2D eigenvalue weighted by Gasteiger charge is -2.31. The van der Waals surface area contributed by atoms with Gasteiger partial charge in [0.1, 0.15) is 0 Å². The number of alkyl halides is 3. The molecule has 1 fully saturated rings. The van der Waals surface area contributed by atoms with Crippen molar-refractivity contribution in [3.63, 3.8) is 0 Å². The summed E-state index contributed by atoms with van der Waals surface area (Å²) in [5.41, 5.74) is 0.406. The highest BCUT2D eigenvalue weighted by molar-refractivity contribution is 6.30. The van der Waals surface area contributed by atoms with Crippen molar-refractivity contribution >= 4 is 17.5 Å². The highest BCUT2D eigenvalue weighted by atomic mass is 35.5. The summed E-state index contributed by atoms with van der Waals surface area (Å²) in [5.74, 6) is -1.67. The maximum atomic E-state index is 12.7. The topological polar surface area (TPSA) is 29.1 Å². The minimum atomic E-state index is -4.18. The van der Waals surface area contributed by atoms with Crippen molar-refractivity contribution in [3.8, 4) is 0 Å². The summed E-state index contributed by atoms with van der Waals surface area (Å²) in [6.45, 7) is 0. The zero-order valence-electron chi connectivity index (χ0n) is 10.7. The monoisotopic (exact) mass is 305 g/mol. The number of benzene rings is 1. The van der Waals surface area contributed by atoms with E-state index in [1.165, 1.54) is 0 Å². The van der Waals surface area contributed by atoms with Crippen LogP contribution in [0, 0.1) is 5.92 Å². The zero-order valence-corrected chi connectivity index (χ0v) is 11.5. The molecule has 20 heavy (non-hydrogen) atoms. The number of nitrogens with one attached hydrogen (secondary N) is 1. The van der Waals surface area contributed by atoms with Crippen LogP contribution in [0.4, 0.5) is 13.2 Å². The molecule has 0 heterocycles. The molecule has 0 bridgehead atoms. The average molecular weight is 306 g/mol. The van der Waals surface area contributed by atoms with Crippen molar-refractivity contribution < 1.29 is 18.0 Å². The number of carbonyl (C=O) groups is 1. The van der Waals surface area contributed by atoms with Crippen LogP contribution in [0.3, 0.4) is 0 Å². The molecule has 1 aliphatic rings. The Balaban J connectivity index is 1.96. The van der Waals surface area contributed by atoms with Gasteiger partial charge in [-0.25, -0.2) is 0 Å². The molecule has 1 saturated carbocycles. The van der Waals surface area contributed by atoms with Crippen LogP contribution in [-0.2, 0) is 0 Å². The van der Waals surface area contributed by atoms with Crippen LogP contribution < -0.4 is 5.32 Å². The van der Waals surface area contributed by atoms with E-state index in [0.717, 1.165) is 0 Å². The van der Waals surface area contributed by atoms with E-state index in [1.807, 2.05) is 0 Å². The van der Waals surface area contributed by atoms with Crippen molar-refractivity contribution in [3.05, 3.63) is 34.9 Å². The van der Waals surface area contributed by atoms with Crippen molar-refractivity contribution in [1.82, 2.24) is 5.32 Å². The van der Waals surface area contributed by atoms with Crippen molar-refractivity contribution in [2.75, 3.05) is 0 Å². The lowest BCUT2D eigenvalue weighted by Crippen LogP contribution is -2.41. The average Bonchev–Trinajstić information content (AvgIpc) is 2.38. The summed E-state index contributed by atoms with van der Waals surface area (Å²) in [6, 6.07) is 5.85. The minimum Gasteiger partial charge on any atom is -0.349 e. The molecule has 110 valence electrons. The molecule has 0 spiro atoms. The van der Waals surface area contributed by atoms with Gasteiger partial charge in [0.05, 0.1) is 5.92 Å². The Bertz CT molecular complexity index is 472. The first-order valence-corrected chi connectivity index (χ1v) is 6.87. The molecule has 1 amide bonds. The molecular weight excluding hydrogens is 291 g/mol. The van der Waals surface area contributed by atoms with Crippen molar-refractivity contribution in [1.29, 1.82) is 0 Å². The first-order valence-electron chi connectivity index (χ1n) is 6.49. The van der Waals surface area contributed by atoms with Crippen molar-refractivity contribution in [2.45, 2.75) is 37.9 Å². The molecule has 2 rings (SSSR count). The Morgan fingerprint density at radius 1 is 1.20 bits per heavy atom. The summed E-state index contributed by atoms with van der Waals surface area (Å²) in [7, 11) is 0. The van der Waals surface area contributed by atoms with Gasteiger partial charge in [-0.15, -0.1) is 0 Å². The van der Waals surface area contributed by atoms with E-state index in [2.05, 4.69) is 5.32 Å². The van der Waals surface area contributed by atoms with Gasteiger partial charge in [0.15, 0.2) is 0 Å². The first kappa shape index (κ1) is 15.2. The predicted molar refractivity (Wildman–Crippen MR) is 70.7 cm³/mol. The molecule has 1 aromatic rings. The maximum Gasteiger partial charge on any atom is 0.391 e. The second-order valence-corrected chi connectivity index (χ2v) is 5.52. The number of amides is 1. The Kier molecular flexibility index (Phi) is 4.58. The van der Waals surface area contributed by atoms with Crippen LogP contribution in [0.1, 0.15) is 36.0 Å². The highest BCUT2D eigenvalue weighted by Gasteiger charge is 2.42. The van der Waals surface area contributed by atoms with Crippen molar-refractivity contribution in [2.24, 2.45) is 5.92 Å². The van der Waals surface area contributed by atoms with Crippen LogP contribution in [0.15, 0.2) is 24.3 Å². The fraction of sp³-hybridized carbons (Fsp3) is 0.500. The fourth-order valence-electron chi connectivity index (χ4n) is 2.49. The van der Waals surface area contributed by atoms with E-state index in [9.17, 15) is 18.0 Å². The Labute approximate surface area is 120 Å². The van der Waals surface area contributed by atoms with E-state index in [4.69, 9.17) is 11.6 Å². The molecule has 0 radical (unpaired) electrons. The maximum absolute atomic E-state index is 12.7. The van der Waals surface area contributed by atoms with E-state index in [1.54, 1.807) is 24.3 Å². The summed E-state index contributed by atoms with van der Waals surface area (Å²) >= 11 is 5.72.